The van der Waals surface area contributed by atoms with Crippen LogP contribution in [0.2, 0.25) is 0 Å². The van der Waals surface area contributed by atoms with Crippen molar-refractivity contribution >= 4 is 21.5 Å². The summed E-state index contributed by atoms with van der Waals surface area (Å²) >= 11 is 0. The van der Waals surface area contributed by atoms with E-state index in [-0.39, 0.29) is 17.5 Å². The second-order valence-electron chi connectivity index (χ2n) is 5.25. The third-order valence-electron chi connectivity index (χ3n) is 3.55. The zero-order chi connectivity index (χ0) is 15.5. The van der Waals surface area contributed by atoms with Crippen LogP contribution in [-0.2, 0) is 14.6 Å². The van der Waals surface area contributed by atoms with E-state index in [1.54, 1.807) is 7.11 Å². The van der Waals surface area contributed by atoms with E-state index in [0.29, 0.717) is 25.4 Å². The minimum Gasteiger partial charge on any atom is -0.383 e. The summed E-state index contributed by atoms with van der Waals surface area (Å²) in [4.78, 5) is 10.7. The molecule has 2 rings (SSSR count). The van der Waals surface area contributed by atoms with Gasteiger partial charge in [-0.3, -0.25) is 0 Å². The van der Waals surface area contributed by atoms with Gasteiger partial charge in [0.05, 0.1) is 18.1 Å². The quantitative estimate of drug-likeness (QED) is 0.764. The average molecular weight is 314 g/mol. The molecule has 1 saturated heterocycles. The van der Waals surface area contributed by atoms with Crippen LogP contribution in [0.4, 0.5) is 11.6 Å². The highest BCUT2D eigenvalue weighted by Crippen LogP contribution is 2.23. The van der Waals surface area contributed by atoms with Gasteiger partial charge in [-0.05, 0) is 13.3 Å². The fourth-order valence-electron chi connectivity index (χ4n) is 2.37. The molecule has 118 valence electrons. The lowest BCUT2D eigenvalue weighted by atomic mass is 10.2. The SMILES string of the molecule is COCCNc1cc(N(C)C2CCS(=O)(=O)C2)nc(C)n1. The molecule has 1 aliphatic heterocycles. The smallest absolute Gasteiger partial charge is 0.152 e. The summed E-state index contributed by atoms with van der Waals surface area (Å²) in [6.45, 7) is 3.08. The van der Waals surface area contributed by atoms with Crippen LogP contribution in [0.1, 0.15) is 12.2 Å². The second kappa shape index (κ2) is 6.57. The first-order valence-electron chi connectivity index (χ1n) is 6.93. The number of aryl methyl sites for hydroxylation is 1. The van der Waals surface area contributed by atoms with Crippen molar-refractivity contribution in [3.05, 3.63) is 11.9 Å². The molecule has 0 radical (unpaired) electrons. The highest BCUT2D eigenvalue weighted by Gasteiger charge is 2.31. The van der Waals surface area contributed by atoms with Gasteiger partial charge in [-0.25, -0.2) is 18.4 Å². The Morgan fingerprint density at radius 1 is 1.48 bits per heavy atom. The monoisotopic (exact) mass is 314 g/mol. The first kappa shape index (κ1) is 16.0. The van der Waals surface area contributed by atoms with Crippen LogP contribution in [0.25, 0.3) is 0 Å². The maximum atomic E-state index is 11.6. The fourth-order valence-corrected chi connectivity index (χ4v) is 4.15. The summed E-state index contributed by atoms with van der Waals surface area (Å²) in [5.74, 6) is 2.57. The molecule has 1 unspecified atom stereocenters. The number of rotatable bonds is 6. The zero-order valence-corrected chi connectivity index (χ0v) is 13.5. The van der Waals surface area contributed by atoms with Gasteiger partial charge >= 0.3 is 0 Å². The molecule has 21 heavy (non-hydrogen) atoms. The first-order valence-corrected chi connectivity index (χ1v) is 8.75. The van der Waals surface area contributed by atoms with Crippen LogP contribution in [0.5, 0.6) is 0 Å². The Labute approximate surface area is 125 Å². The second-order valence-corrected chi connectivity index (χ2v) is 7.47. The summed E-state index contributed by atoms with van der Waals surface area (Å²) in [5.41, 5.74) is 0. The molecule has 0 amide bonds. The lowest BCUT2D eigenvalue weighted by molar-refractivity contribution is 0.210. The standard InChI is InChI=1S/C13H22N4O3S/c1-10-15-12(14-5-6-20-3)8-13(16-10)17(2)11-4-7-21(18,19)9-11/h8,11H,4-7,9H2,1-3H3,(H,14,15,16). The Bertz CT molecular complexity index is 591. The van der Waals surface area contributed by atoms with Gasteiger partial charge in [0.15, 0.2) is 9.84 Å². The minimum absolute atomic E-state index is 0.0175. The molecule has 1 aliphatic rings. The van der Waals surface area contributed by atoms with Gasteiger partial charge in [0.2, 0.25) is 0 Å². The minimum atomic E-state index is -2.90. The molecule has 0 saturated carbocycles. The lowest BCUT2D eigenvalue weighted by Gasteiger charge is -2.25. The van der Waals surface area contributed by atoms with E-state index in [4.69, 9.17) is 4.74 Å². The van der Waals surface area contributed by atoms with E-state index in [1.165, 1.54) is 0 Å². The Kier molecular flexibility index (Phi) is 5.00. The number of nitrogens with zero attached hydrogens (tertiary/aromatic N) is 3. The first-order chi connectivity index (χ1) is 9.91. The molecular formula is C13H22N4O3S. The van der Waals surface area contributed by atoms with Crippen molar-refractivity contribution in [2.24, 2.45) is 0 Å². The van der Waals surface area contributed by atoms with Gasteiger partial charge in [0, 0.05) is 32.8 Å². The molecule has 2 heterocycles. The van der Waals surface area contributed by atoms with Crippen molar-refractivity contribution < 1.29 is 13.2 Å². The van der Waals surface area contributed by atoms with E-state index < -0.39 is 9.84 Å². The van der Waals surface area contributed by atoms with Crippen molar-refractivity contribution in [2.75, 3.05) is 49.0 Å². The van der Waals surface area contributed by atoms with Crippen LogP contribution in [0.15, 0.2) is 6.07 Å². The molecule has 0 spiro atoms. The summed E-state index contributed by atoms with van der Waals surface area (Å²) in [7, 11) is 0.623. The molecule has 0 bridgehead atoms. The third-order valence-corrected chi connectivity index (χ3v) is 5.30. The van der Waals surface area contributed by atoms with E-state index >= 15 is 0 Å². The molecule has 0 aliphatic carbocycles. The van der Waals surface area contributed by atoms with Gasteiger partial charge in [0.1, 0.15) is 17.5 Å². The highest BCUT2D eigenvalue weighted by molar-refractivity contribution is 7.91. The largest absolute Gasteiger partial charge is 0.383 e. The molecule has 1 N–H and O–H groups in total. The zero-order valence-electron chi connectivity index (χ0n) is 12.7. The van der Waals surface area contributed by atoms with E-state index in [2.05, 4.69) is 15.3 Å². The molecule has 1 aromatic rings. The van der Waals surface area contributed by atoms with Crippen LogP contribution >= 0.6 is 0 Å². The van der Waals surface area contributed by atoms with Gasteiger partial charge in [-0.15, -0.1) is 0 Å². The number of nitrogens with one attached hydrogen (secondary N) is 1. The molecule has 0 aromatic carbocycles. The third kappa shape index (κ3) is 4.28. The van der Waals surface area contributed by atoms with Gasteiger partial charge in [0.25, 0.3) is 0 Å². The van der Waals surface area contributed by atoms with Crippen LogP contribution in [0, 0.1) is 6.92 Å². The molecule has 1 fully saturated rings. The van der Waals surface area contributed by atoms with Crippen molar-refractivity contribution in [1.29, 1.82) is 0 Å². The Hall–Kier alpha value is -1.41. The van der Waals surface area contributed by atoms with Crippen LogP contribution in [-0.4, -0.2) is 63.2 Å². The number of methoxy groups -OCH3 is 1. The number of anilines is 2. The average Bonchev–Trinajstić information content (AvgIpc) is 2.78. The predicted molar refractivity (Wildman–Crippen MR) is 82.6 cm³/mol. The van der Waals surface area contributed by atoms with E-state index in [9.17, 15) is 8.42 Å². The van der Waals surface area contributed by atoms with Crippen molar-refractivity contribution in [3.63, 3.8) is 0 Å². The Balaban J connectivity index is 2.11. The summed E-state index contributed by atoms with van der Waals surface area (Å²) < 4.78 is 28.2. The lowest BCUT2D eigenvalue weighted by Crippen LogP contribution is -2.33. The van der Waals surface area contributed by atoms with Gasteiger partial charge in [-0.2, -0.15) is 0 Å². The molecule has 8 heteroatoms. The highest BCUT2D eigenvalue weighted by atomic mass is 32.2. The number of aromatic nitrogens is 2. The fraction of sp³-hybridized carbons (Fsp3) is 0.692. The summed E-state index contributed by atoms with van der Waals surface area (Å²) in [6.07, 6.45) is 0.647. The topological polar surface area (TPSA) is 84.4 Å². The number of hydrogen-bond acceptors (Lipinski definition) is 7. The molecule has 7 nitrogen and oxygen atoms in total. The van der Waals surface area contributed by atoms with Crippen LogP contribution in [0.3, 0.4) is 0 Å². The Morgan fingerprint density at radius 2 is 2.24 bits per heavy atom. The van der Waals surface area contributed by atoms with Gasteiger partial charge in [-0.1, -0.05) is 0 Å². The normalized spacial score (nSPS) is 20.4. The molecular weight excluding hydrogens is 292 g/mol. The summed E-state index contributed by atoms with van der Waals surface area (Å²) in [5, 5.41) is 3.17. The maximum Gasteiger partial charge on any atom is 0.152 e. The van der Waals surface area contributed by atoms with Crippen molar-refractivity contribution in [1.82, 2.24) is 9.97 Å². The van der Waals surface area contributed by atoms with Gasteiger partial charge < -0.3 is 15.0 Å². The van der Waals surface area contributed by atoms with E-state index in [1.807, 2.05) is 24.9 Å². The molecule has 1 atom stereocenters. The predicted octanol–water partition coefficient (Wildman–Crippen LogP) is 0.467. The Morgan fingerprint density at radius 3 is 2.86 bits per heavy atom. The maximum absolute atomic E-state index is 11.6. The van der Waals surface area contributed by atoms with Crippen molar-refractivity contribution in [3.8, 4) is 0 Å². The van der Waals surface area contributed by atoms with E-state index in [0.717, 1.165) is 11.6 Å². The van der Waals surface area contributed by atoms with Crippen LogP contribution < -0.4 is 10.2 Å². The number of hydrogen-bond donors (Lipinski definition) is 1. The number of ether oxygens (including phenoxy) is 1. The number of sulfone groups is 1. The van der Waals surface area contributed by atoms with Crippen molar-refractivity contribution in [2.45, 2.75) is 19.4 Å². The molecule has 1 aromatic heterocycles. The summed E-state index contributed by atoms with van der Waals surface area (Å²) in [6, 6.07) is 1.82.